The van der Waals surface area contributed by atoms with Gasteiger partial charge in [-0.1, -0.05) is 43.8 Å². The van der Waals surface area contributed by atoms with Crippen LogP contribution >= 0.6 is 0 Å². The molecular formula is C21H30O4. The van der Waals surface area contributed by atoms with Crippen LogP contribution in [0.1, 0.15) is 64.0 Å². The lowest BCUT2D eigenvalue weighted by atomic mass is 9.91. The first-order valence-corrected chi connectivity index (χ1v) is 8.93. The lowest BCUT2D eigenvalue weighted by molar-refractivity contribution is -0.154. The van der Waals surface area contributed by atoms with Gasteiger partial charge in [-0.25, -0.2) is 0 Å². The zero-order valence-corrected chi connectivity index (χ0v) is 15.7. The minimum absolute atomic E-state index is 0.156. The highest BCUT2D eigenvalue weighted by Crippen LogP contribution is 2.21. The van der Waals surface area contributed by atoms with E-state index in [4.69, 9.17) is 9.47 Å². The van der Waals surface area contributed by atoms with Gasteiger partial charge in [0.25, 0.3) is 0 Å². The maximum absolute atomic E-state index is 11.8. The van der Waals surface area contributed by atoms with Crippen LogP contribution in [0.4, 0.5) is 0 Å². The number of carbonyl (C=O) groups excluding carboxylic acids is 2. The molecule has 0 aliphatic carbocycles. The highest BCUT2D eigenvalue weighted by atomic mass is 16.5. The molecule has 0 saturated carbocycles. The van der Waals surface area contributed by atoms with Crippen molar-refractivity contribution in [3.8, 4) is 0 Å². The van der Waals surface area contributed by atoms with Gasteiger partial charge in [0.1, 0.15) is 6.61 Å². The van der Waals surface area contributed by atoms with E-state index in [-0.39, 0.29) is 11.9 Å². The van der Waals surface area contributed by atoms with Gasteiger partial charge >= 0.3 is 11.9 Å². The number of rotatable bonds is 11. The molecule has 0 aromatic heterocycles. The molecular weight excluding hydrogens is 316 g/mol. The first-order chi connectivity index (χ1) is 11.9. The van der Waals surface area contributed by atoms with Gasteiger partial charge in [0.05, 0.1) is 12.0 Å². The molecule has 0 aliphatic rings. The van der Waals surface area contributed by atoms with Crippen LogP contribution in [-0.4, -0.2) is 18.5 Å². The van der Waals surface area contributed by atoms with Gasteiger partial charge in [-0.2, -0.15) is 0 Å². The zero-order chi connectivity index (χ0) is 18.7. The number of hydrogen-bond acceptors (Lipinski definition) is 4. The summed E-state index contributed by atoms with van der Waals surface area (Å²) in [7, 11) is 0. The Balaban J connectivity index is 2.10. The Morgan fingerprint density at radius 3 is 2.36 bits per heavy atom. The highest BCUT2D eigenvalue weighted by molar-refractivity contribution is 5.75. The Labute approximate surface area is 151 Å². The van der Waals surface area contributed by atoms with Crippen molar-refractivity contribution in [2.24, 2.45) is 5.41 Å². The summed E-state index contributed by atoms with van der Waals surface area (Å²) in [6, 6.07) is 7.74. The van der Waals surface area contributed by atoms with Crippen LogP contribution in [-0.2, 0) is 25.7 Å². The fourth-order valence-electron chi connectivity index (χ4n) is 2.04. The van der Waals surface area contributed by atoms with Crippen molar-refractivity contribution in [1.82, 2.24) is 0 Å². The first-order valence-electron chi connectivity index (χ1n) is 8.93. The Morgan fingerprint density at radius 2 is 1.76 bits per heavy atom. The van der Waals surface area contributed by atoms with Crippen LogP contribution < -0.4 is 0 Å². The summed E-state index contributed by atoms with van der Waals surface area (Å²) in [6.45, 7) is 10.1. The van der Waals surface area contributed by atoms with Gasteiger partial charge < -0.3 is 9.47 Å². The Morgan fingerprint density at radius 1 is 1.08 bits per heavy atom. The molecule has 4 heteroatoms. The van der Waals surface area contributed by atoms with Gasteiger partial charge in [0.2, 0.25) is 0 Å². The minimum atomic E-state index is -0.423. The summed E-state index contributed by atoms with van der Waals surface area (Å²) in [5, 5.41) is 0. The molecule has 25 heavy (non-hydrogen) atoms. The average Bonchev–Trinajstić information content (AvgIpc) is 2.62. The first kappa shape index (κ1) is 20.9. The lowest BCUT2D eigenvalue weighted by Gasteiger charge is -2.20. The van der Waals surface area contributed by atoms with E-state index in [0.717, 1.165) is 36.8 Å². The molecule has 0 radical (unpaired) electrons. The van der Waals surface area contributed by atoms with Crippen molar-refractivity contribution in [2.75, 3.05) is 6.61 Å². The summed E-state index contributed by atoms with van der Waals surface area (Å²) in [4.78, 5) is 23.5. The second-order valence-electron chi connectivity index (χ2n) is 6.79. The molecule has 0 spiro atoms. The highest BCUT2D eigenvalue weighted by Gasteiger charge is 2.26. The summed E-state index contributed by atoms with van der Waals surface area (Å²) in [6.07, 6.45) is 5.26. The van der Waals surface area contributed by atoms with Gasteiger partial charge in [0, 0.05) is 6.42 Å². The van der Waals surface area contributed by atoms with Crippen LogP contribution in [0.25, 0.3) is 6.08 Å². The minimum Gasteiger partial charge on any atom is -0.465 e. The molecule has 0 bridgehead atoms. The average molecular weight is 346 g/mol. The predicted molar refractivity (Wildman–Crippen MR) is 99.8 cm³/mol. The molecule has 1 aromatic carbocycles. The predicted octanol–water partition coefficient (Wildman–Crippen LogP) is 4.91. The van der Waals surface area contributed by atoms with Gasteiger partial charge in [-0.3, -0.25) is 9.59 Å². The number of carbonyl (C=O) groups is 2. The molecule has 0 atom stereocenters. The van der Waals surface area contributed by atoms with Crippen LogP contribution in [0.15, 0.2) is 30.8 Å². The summed E-state index contributed by atoms with van der Waals surface area (Å²) >= 11 is 0. The van der Waals surface area contributed by atoms with E-state index < -0.39 is 5.41 Å². The maximum Gasteiger partial charge on any atom is 0.311 e. The van der Waals surface area contributed by atoms with Crippen molar-refractivity contribution < 1.29 is 19.1 Å². The van der Waals surface area contributed by atoms with E-state index in [1.165, 1.54) is 0 Å². The topological polar surface area (TPSA) is 52.6 Å². The Kier molecular flexibility index (Phi) is 8.96. The molecule has 0 amide bonds. The fraction of sp³-hybridized carbons (Fsp3) is 0.524. The number of benzene rings is 1. The summed E-state index contributed by atoms with van der Waals surface area (Å²) in [5.41, 5.74) is 1.58. The van der Waals surface area contributed by atoms with E-state index in [9.17, 15) is 9.59 Å². The van der Waals surface area contributed by atoms with Gasteiger partial charge in [0.15, 0.2) is 0 Å². The van der Waals surface area contributed by atoms with Crippen LogP contribution in [0.5, 0.6) is 0 Å². The smallest absolute Gasteiger partial charge is 0.311 e. The molecule has 0 unspecified atom stereocenters. The van der Waals surface area contributed by atoms with Crippen molar-refractivity contribution in [1.29, 1.82) is 0 Å². The third-order valence-corrected chi connectivity index (χ3v) is 4.31. The van der Waals surface area contributed by atoms with Crippen LogP contribution in [0.3, 0.4) is 0 Å². The quantitative estimate of drug-likeness (QED) is 0.422. The molecule has 1 aromatic rings. The Hall–Kier alpha value is -2.10. The van der Waals surface area contributed by atoms with E-state index >= 15 is 0 Å². The number of unbranched alkanes of at least 4 members (excludes halogenated alkanes) is 2. The van der Waals surface area contributed by atoms with Crippen molar-refractivity contribution in [3.05, 3.63) is 42.0 Å². The van der Waals surface area contributed by atoms with Crippen molar-refractivity contribution in [3.63, 3.8) is 0 Å². The molecule has 0 heterocycles. The van der Waals surface area contributed by atoms with Crippen LogP contribution in [0.2, 0.25) is 0 Å². The van der Waals surface area contributed by atoms with Crippen molar-refractivity contribution >= 4 is 18.0 Å². The standard InChI is InChI=1S/C21H30O4/c1-5-17-11-13-18(14-12-17)16-25-19(22)10-8-7-9-15-24-20(23)21(3,4)6-2/h5,11-14H,1,6-10,15-16H2,2-4H3. The third kappa shape index (κ3) is 8.01. The van der Waals surface area contributed by atoms with Gasteiger partial charge in [-0.15, -0.1) is 0 Å². The van der Waals surface area contributed by atoms with E-state index in [1.54, 1.807) is 6.08 Å². The molecule has 0 N–H and O–H groups in total. The summed E-state index contributed by atoms with van der Waals surface area (Å²) < 4.78 is 10.5. The number of esters is 2. The third-order valence-electron chi connectivity index (χ3n) is 4.31. The maximum atomic E-state index is 11.8. The normalized spacial score (nSPS) is 11.0. The molecule has 0 fully saturated rings. The molecule has 0 saturated heterocycles. The van der Waals surface area contributed by atoms with Gasteiger partial charge in [-0.05, 0) is 50.7 Å². The van der Waals surface area contributed by atoms with E-state index in [1.807, 2.05) is 45.0 Å². The largest absolute Gasteiger partial charge is 0.465 e. The second-order valence-corrected chi connectivity index (χ2v) is 6.79. The summed E-state index contributed by atoms with van der Waals surface area (Å²) in [5.74, 6) is -0.353. The lowest BCUT2D eigenvalue weighted by Crippen LogP contribution is -2.26. The molecule has 1 rings (SSSR count). The molecule has 0 aliphatic heterocycles. The van der Waals surface area contributed by atoms with Crippen molar-refractivity contribution in [2.45, 2.75) is 59.5 Å². The fourth-order valence-corrected chi connectivity index (χ4v) is 2.04. The molecule has 138 valence electrons. The van der Waals surface area contributed by atoms with Crippen LogP contribution in [0, 0.1) is 5.41 Å². The SMILES string of the molecule is C=Cc1ccc(COC(=O)CCCCCOC(=O)C(C)(C)CC)cc1. The Bertz CT molecular complexity index is 558. The second kappa shape index (κ2) is 10.7. The monoisotopic (exact) mass is 346 g/mol. The van der Waals surface area contributed by atoms with E-state index in [0.29, 0.717) is 19.6 Å². The number of ether oxygens (including phenoxy) is 2. The zero-order valence-electron chi connectivity index (χ0n) is 15.7. The molecule has 4 nitrogen and oxygen atoms in total. The van der Waals surface area contributed by atoms with E-state index in [2.05, 4.69) is 6.58 Å². The number of hydrogen-bond donors (Lipinski definition) is 0.